The summed E-state index contributed by atoms with van der Waals surface area (Å²) in [6.45, 7) is 11.6. The Morgan fingerprint density at radius 3 is 2.59 bits per heavy atom. The molecule has 5 nitrogen and oxygen atoms in total. The second kappa shape index (κ2) is 10.7. The monoisotopic (exact) mass is 376 g/mol. The highest BCUT2D eigenvalue weighted by Gasteiger charge is 2.32. The van der Waals surface area contributed by atoms with Gasteiger partial charge in [0.1, 0.15) is 18.0 Å². The van der Waals surface area contributed by atoms with E-state index in [-0.39, 0.29) is 5.91 Å². The first-order valence-electron chi connectivity index (χ1n) is 10.4. The molecule has 0 spiro atoms. The summed E-state index contributed by atoms with van der Waals surface area (Å²) in [6, 6.07) is 8.23. The zero-order chi connectivity index (χ0) is 19.7. The van der Waals surface area contributed by atoms with E-state index in [0.29, 0.717) is 25.7 Å². The second-order valence-corrected chi connectivity index (χ2v) is 7.64. The van der Waals surface area contributed by atoms with Crippen LogP contribution in [0.4, 0.5) is 5.69 Å². The van der Waals surface area contributed by atoms with Crippen molar-refractivity contribution in [3.05, 3.63) is 24.3 Å². The minimum Gasteiger partial charge on any atom is -0.492 e. The Morgan fingerprint density at radius 2 is 1.96 bits per heavy atom. The van der Waals surface area contributed by atoms with Crippen LogP contribution >= 0.6 is 0 Å². The van der Waals surface area contributed by atoms with E-state index < -0.39 is 5.60 Å². The Hall–Kier alpha value is -1.59. The van der Waals surface area contributed by atoms with Crippen molar-refractivity contribution >= 4 is 11.6 Å². The number of piperidine rings is 1. The Labute approximate surface area is 164 Å². The average Bonchev–Trinajstić information content (AvgIpc) is 2.69. The van der Waals surface area contributed by atoms with Crippen molar-refractivity contribution in [3.8, 4) is 5.75 Å². The Kier molecular flexibility index (Phi) is 8.58. The van der Waals surface area contributed by atoms with Gasteiger partial charge < -0.3 is 14.8 Å². The number of hydrogen-bond acceptors (Lipinski definition) is 4. The van der Waals surface area contributed by atoms with E-state index in [4.69, 9.17) is 9.47 Å². The van der Waals surface area contributed by atoms with Crippen molar-refractivity contribution in [1.82, 2.24) is 4.90 Å². The minimum atomic E-state index is -0.795. The molecule has 1 N–H and O–H groups in total. The molecular formula is C22H36N2O3. The van der Waals surface area contributed by atoms with Crippen LogP contribution in [0.25, 0.3) is 0 Å². The van der Waals surface area contributed by atoms with Gasteiger partial charge in [-0.3, -0.25) is 9.69 Å². The largest absolute Gasteiger partial charge is 0.492 e. The van der Waals surface area contributed by atoms with Crippen LogP contribution in [0.1, 0.15) is 59.8 Å². The second-order valence-electron chi connectivity index (χ2n) is 7.64. The molecule has 1 aliphatic heterocycles. The number of ether oxygens (including phenoxy) is 2. The number of hydrogen-bond donors (Lipinski definition) is 1. The molecule has 1 fully saturated rings. The highest BCUT2D eigenvalue weighted by molar-refractivity contribution is 5.97. The highest BCUT2D eigenvalue weighted by Crippen LogP contribution is 2.21. The summed E-state index contributed by atoms with van der Waals surface area (Å²) in [4.78, 5) is 15.1. The first-order valence-corrected chi connectivity index (χ1v) is 10.4. The van der Waals surface area contributed by atoms with Crippen molar-refractivity contribution in [2.75, 3.05) is 31.6 Å². The van der Waals surface area contributed by atoms with Crippen molar-refractivity contribution < 1.29 is 14.3 Å². The zero-order valence-electron chi connectivity index (χ0n) is 17.4. The van der Waals surface area contributed by atoms with Gasteiger partial charge in [-0.1, -0.05) is 20.3 Å². The van der Waals surface area contributed by atoms with E-state index in [1.807, 2.05) is 45.0 Å². The predicted molar refractivity (Wildman–Crippen MR) is 110 cm³/mol. The Morgan fingerprint density at radius 1 is 1.22 bits per heavy atom. The van der Waals surface area contributed by atoms with Gasteiger partial charge in [-0.2, -0.15) is 0 Å². The van der Waals surface area contributed by atoms with Crippen LogP contribution in [-0.4, -0.2) is 48.8 Å². The van der Waals surface area contributed by atoms with Gasteiger partial charge in [0, 0.05) is 24.9 Å². The number of carbonyl (C=O) groups is 1. The molecule has 0 bridgehead atoms. The molecule has 0 aliphatic carbocycles. The van der Waals surface area contributed by atoms with Crippen LogP contribution in [0.15, 0.2) is 24.3 Å². The number of nitrogens with zero attached hydrogens (tertiary/aromatic N) is 1. The standard InChI is InChI=1S/C22H36N2O3/c1-5-16-27-22(4,6-2)21(25)23-19-10-12-20(13-11-19)26-17-15-24-14-8-7-9-18(24)3/h10-13,18H,5-9,14-17H2,1-4H3,(H,23,25)/t18-,22+/m1/s1. The van der Waals surface area contributed by atoms with Crippen LogP contribution in [0.3, 0.4) is 0 Å². The number of rotatable bonds is 10. The number of anilines is 1. The maximum absolute atomic E-state index is 12.6. The smallest absolute Gasteiger partial charge is 0.256 e. The Balaban J connectivity index is 1.81. The third-order valence-electron chi connectivity index (χ3n) is 5.48. The molecule has 0 radical (unpaired) electrons. The van der Waals surface area contributed by atoms with Gasteiger partial charge in [-0.15, -0.1) is 0 Å². The van der Waals surface area contributed by atoms with E-state index in [1.165, 1.54) is 25.8 Å². The molecular weight excluding hydrogens is 340 g/mol. The fraction of sp³-hybridized carbons (Fsp3) is 0.682. The molecule has 1 aromatic carbocycles. The lowest BCUT2D eigenvalue weighted by atomic mass is 10.0. The summed E-state index contributed by atoms with van der Waals surface area (Å²) in [6.07, 6.45) is 5.44. The third kappa shape index (κ3) is 6.51. The number of amides is 1. The van der Waals surface area contributed by atoms with Crippen molar-refractivity contribution in [1.29, 1.82) is 0 Å². The highest BCUT2D eigenvalue weighted by atomic mass is 16.5. The summed E-state index contributed by atoms with van der Waals surface area (Å²) in [7, 11) is 0. The van der Waals surface area contributed by atoms with Crippen molar-refractivity contribution in [2.45, 2.75) is 71.4 Å². The fourth-order valence-electron chi connectivity index (χ4n) is 3.32. The SMILES string of the molecule is CCCO[C@@](C)(CC)C(=O)Nc1ccc(OCCN2CCCC[C@H]2C)cc1. The molecule has 5 heteroatoms. The van der Waals surface area contributed by atoms with E-state index in [2.05, 4.69) is 17.1 Å². The summed E-state index contributed by atoms with van der Waals surface area (Å²) < 4.78 is 11.6. The molecule has 152 valence electrons. The molecule has 1 heterocycles. The van der Waals surface area contributed by atoms with E-state index in [1.54, 1.807) is 0 Å². The molecule has 1 aromatic rings. The maximum atomic E-state index is 12.6. The van der Waals surface area contributed by atoms with Crippen LogP contribution < -0.4 is 10.1 Å². The maximum Gasteiger partial charge on any atom is 0.256 e. The molecule has 27 heavy (non-hydrogen) atoms. The van der Waals surface area contributed by atoms with E-state index in [0.717, 1.165) is 24.4 Å². The summed E-state index contributed by atoms with van der Waals surface area (Å²) in [5, 5.41) is 2.96. The van der Waals surface area contributed by atoms with Crippen LogP contribution in [0.5, 0.6) is 5.75 Å². The molecule has 2 atom stereocenters. The normalized spacial score (nSPS) is 20.1. The number of nitrogens with one attached hydrogen (secondary N) is 1. The topological polar surface area (TPSA) is 50.8 Å². The van der Waals surface area contributed by atoms with Crippen LogP contribution in [0, 0.1) is 0 Å². The van der Waals surface area contributed by atoms with Crippen molar-refractivity contribution in [3.63, 3.8) is 0 Å². The Bertz CT molecular complexity index is 575. The molecule has 2 rings (SSSR count). The zero-order valence-corrected chi connectivity index (χ0v) is 17.4. The molecule has 0 unspecified atom stereocenters. The van der Waals surface area contributed by atoms with Crippen LogP contribution in [-0.2, 0) is 9.53 Å². The number of carbonyl (C=O) groups excluding carboxylic acids is 1. The molecule has 1 aliphatic rings. The van der Waals surface area contributed by atoms with Gasteiger partial charge in [0.25, 0.3) is 5.91 Å². The van der Waals surface area contributed by atoms with Gasteiger partial charge in [0.05, 0.1) is 0 Å². The molecule has 1 amide bonds. The minimum absolute atomic E-state index is 0.105. The molecule has 1 saturated heterocycles. The lowest BCUT2D eigenvalue weighted by molar-refractivity contribution is -0.139. The van der Waals surface area contributed by atoms with Gasteiger partial charge in [0.15, 0.2) is 0 Å². The lowest BCUT2D eigenvalue weighted by Crippen LogP contribution is -2.42. The number of likely N-dealkylation sites (tertiary alicyclic amines) is 1. The summed E-state index contributed by atoms with van der Waals surface area (Å²) in [5.41, 5.74) is -0.0344. The molecule has 0 aromatic heterocycles. The summed E-state index contributed by atoms with van der Waals surface area (Å²) in [5.74, 6) is 0.726. The van der Waals surface area contributed by atoms with Crippen LogP contribution in [0.2, 0.25) is 0 Å². The fourth-order valence-corrected chi connectivity index (χ4v) is 3.32. The number of benzene rings is 1. The third-order valence-corrected chi connectivity index (χ3v) is 5.48. The summed E-state index contributed by atoms with van der Waals surface area (Å²) >= 11 is 0. The predicted octanol–water partition coefficient (Wildman–Crippen LogP) is 4.47. The first kappa shape index (κ1) is 21.7. The van der Waals surface area contributed by atoms with Crippen molar-refractivity contribution in [2.24, 2.45) is 0 Å². The lowest BCUT2D eigenvalue weighted by Gasteiger charge is -2.33. The van der Waals surface area contributed by atoms with E-state index >= 15 is 0 Å². The van der Waals surface area contributed by atoms with Gasteiger partial charge in [-0.25, -0.2) is 0 Å². The van der Waals surface area contributed by atoms with Gasteiger partial charge >= 0.3 is 0 Å². The van der Waals surface area contributed by atoms with Gasteiger partial charge in [-0.05, 0) is 70.3 Å². The average molecular weight is 377 g/mol. The quantitative estimate of drug-likeness (QED) is 0.654. The van der Waals surface area contributed by atoms with Gasteiger partial charge in [0.2, 0.25) is 0 Å². The first-order chi connectivity index (χ1) is 13.0. The van der Waals surface area contributed by atoms with E-state index in [9.17, 15) is 4.79 Å². The molecule has 0 saturated carbocycles.